The van der Waals surface area contributed by atoms with Crippen LogP contribution in [0, 0.1) is 13.8 Å². The lowest BCUT2D eigenvalue weighted by Crippen LogP contribution is -2.42. The molecule has 5 heteroatoms. The Morgan fingerprint density at radius 2 is 2.04 bits per heavy atom. The molecule has 1 fully saturated rings. The summed E-state index contributed by atoms with van der Waals surface area (Å²) in [7, 11) is 0. The van der Waals surface area contributed by atoms with E-state index in [4.69, 9.17) is 4.74 Å². The standard InChI is InChI=1S/C18H28N2O3/c1-5-23-18(22)17-13(3)15(14(4)19-17)9-10-16(21)20-11-7-6-8-12(20)2/h12,19H,5-11H2,1-4H3/t12-/m0/s1. The van der Waals surface area contributed by atoms with Crippen LogP contribution < -0.4 is 0 Å². The molecule has 1 aliphatic heterocycles. The molecule has 0 aromatic carbocycles. The molecular formula is C18H28N2O3. The number of aryl methyl sites for hydroxylation is 1. The Morgan fingerprint density at radius 3 is 2.70 bits per heavy atom. The van der Waals surface area contributed by atoms with Gasteiger partial charge in [0.15, 0.2) is 0 Å². The first-order valence-corrected chi connectivity index (χ1v) is 8.60. The number of aromatic nitrogens is 1. The molecule has 1 aromatic heterocycles. The number of hydrogen-bond acceptors (Lipinski definition) is 3. The molecule has 1 atom stereocenters. The molecule has 0 saturated carbocycles. The van der Waals surface area contributed by atoms with Crippen molar-refractivity contribution in [3.63, 3.8) is 0 Å². The van der Waals surface area contributed by atoms with Gasteiger partial charge in [0, 0.05) is 24.7 Å². The molecule has 128 valence electrons. The molecule has 1 amide bonds. The summed E-state index contributed by atoms with van der Waals surface area (Å²) in [5.74, 6) is -0.106. The molecular weight excluding hydrogens is 292 g/mol. The number of carbonyl (C=O) groups excluding carboxylic acids is 2. The Labute approximate surface area is 138 Å². The number of amides is 1. The molecule has 23 heavy (non-hydrogen) atoms. The number of esters is 1. The predicted octanol–water partition coefficient (Wildman–Crippen LogP) is 3.14. The first-order valence-electron chi connectivity index (χ1n) is 8.60. The molecule has 0 bridgehead atoms. The van der Waals surface area contributed by atoms with E-state index in [2.05, 4.69) is 11.9 Å². The number of likely N-dealkylation sites (tertiary alicyclic amines) is 1. The Bertz CT molecular complexity index is 577. The van der Waals surface area contributed by atoms with Gasteiger partial charge < -0.3 is 14.6 Å². The van der Waals surface area contributed by atoms with Crippen LogP contribution >= 0.6 is 0 Å². The molecule has 0 radical (unpaired) electrons. The zero-order valence-corrected chi connectivity index (χ0v) is 14.7. The zero-order valence-electron chi connectivity index (χ0n) is 14.7. The van der Waals surface area contributed by atoms with Gasteiger partial charge in [0.2, 0.25) is 5.91 Å². The second-order valence-corrected chi connectivity index (χ2v) is 6.38. The average Bonchev–Trinajstić information content (AvgIpc) is 2.80. The Balaban J connectivity index is 2.03. The maximum atomic E-state index is 12.5. The van der Waals surface area contributed by atoms with Crippen LogP contribution in [0.5, 0.6) is 0 Å². The maximum Gasteiger partial charge on any atom is 0.355 e. The van der Waals surface area contributed by atoms with Crippen molar-refractivity contribution in [3.8, 4) is 0 Å². The van der Waals surface area contributed by atoms with Crippen LogP contribution in [-0.4, -0.2) is 41.0 Å². The van der Waals surface area contributed by atoms with E-state index in [0.29, 0.717) is 31.2 Å². The lowest BCUT2D eigenvalue weighted by atomic mass is 10.0. The largest absolute Gasteiger partial charge is 0.461 e. The van der Waals surface area contributed by atoms with E-state index in [-0.39, 0.29) is 11.9 Å². The van der Waals surface area contributed by atoms with Crippen LogP contribution in [0.15, 0.2) is 0 Å². The van der Waals surface area contributed by atoms with Gasteiger partial charge in [-0.15, -0.1) is 0 Å². The highest BCUT2D eigenvalue weighted by molar-refractivity contribution is 5.90. The Hall–Kier alpha value is -1.78. The van der Waals surface area contributed by atoms with Gasteiger partial charge in [-0.1, -0.05) is 0 Å². The first kappa shape index (κ1) is 17.6. The summed E-state index contributed by atoms with van der Waals surface area (Å²) < 4.78 is 5.07. The van der Waals surface area contributed by atoms with Gasteiger partial charge in [-0.3, -0.25) is 4.79 Å². The molecule has 0 spiro atoms. The lowest BCUT2D eigenvalue weighted by molar-refractivity contribution is -0.134. The van der Waals surface area contributed by atoms with Gasteiger partial charge in [0.25, 0.3) is 0 Å². The number of nitrogens with one attached hydrogen (secondary N) is 1. The number of carbonyl (C=O) groups is 2. The number of nitrogens with zero attached hydrogens (tertiary/aromatic N) is 1. The van der Waals surface area contributed by atoms with E-state index in [1.54, 1.807) is 6.92 Å². The molecule has 0 unspecified atom stereocenters. The van der Waals surface area contributed by atoms with E-state index in [1.165, 1.54) is 6.42 Å². The quantitative estimate of drug-likeness (QED) is 0.848. The fourth-order valence-corrected chi connectivity index (χ4v) is 3.42. The van der Waals surface area contributed by atoms with Gasteiger partial charge in [0.1, 0.15) is 5.69 Å². The highest BCUT2D eigenvalue weighted by atomic mass is 16.5. The molecule has 0 aliphatic carbocycles. The van der Waals surface area contributed by atoms with Gasteiger partial charge in [0.05, 0.1) is 6.61 Å². The van der Waals surface area contributed by atoms with E-state index in [9.17, 15) is 9.59 Å². The summed E-state index contributed by atoms with van der Waals surface area (Å²) in [4.78, 5) is 29.5. The molecule has 1 aliphatic rings. The molecule has 5 nitrogen and oxygen atoms in total. The third kappa shape index (κ3) is 3.95. The number of ether oxygens (including phenoxy) is 1. The van der Waals surface area contributed by atoms with E-state index in [0.717, 1.165) is 36.2 Å². The third-order valence-electron chi connectivity index (χ3n) is 4.78. The fourth-order valence-electron chi connectivity index (χ4n) is 3.42. The predicted molar refractivity (Wildman–Crippen MR) is 89.6 cm³/mol. The van der Waals surface area contributed by atoms with Crippen molar-refractivity contribution in [2.75, 3.05) is 13.2 Å². The maximum absolute atomic E-state index is 12.5. The molecule has 2 heterocycles. The molecule has 1 N–H and O–H groups in total. The van der Waals surface area contributed by atoms with Gasteiger partial charge in [-0.05, 0) is 64.5 Å². The summed E-state index contributed by atoms with van der Waals surface area (Å²) in [6.45, 7) is 9.01. The molecule has 1 aromatic rings. The van der Waals surface area contributed by atoms with Crippen molar-refractivity contribution in [2.24, 2.45) is 0 Å². The van der Waals surface area contributed by atoms with Crippen LogP contribution in [0.25, 0.3) is 0 Å². The summed E-state index contributed by atoms with van der Waals surface area (Å²) in [5, 5.41) is 0. The van der Waals surface area contributed by atoms with Crippen LogP contribution in [0.4, 0.5) is 0 Å². The minimum Gasteiger partial charge on any atom is -0.461 e. The van der Waals surface area contributed by atoms with E-state index >= 15 is 0 Å². The molecule has 1 saturated heterocycles. The zero-order chi connectivity index (χ0) is 17.0. The lowest BCUT2D eigenvalue weighted by Gasteiger charge is -2.33. The van der Waals surface area contributed by atoms with Crippen LogP contribution in [-0.2, 0) is 16.0 Å². The second-order valence-electron chi connectivity index (χ2n) is 6.38. The monoisotopic (exact) mass is 320 g/mol. The minimum absolute atomic E-state index is 0.217. The number of hydrogen-bond donors (Lipinski definition) is 1. The summed E-state index contributed by atoms with van der Waals surface area (Å²) in [5.41, 5.74) is 3.43. The molecule has 2 rings (SSSR count). The summed E-state index contributed by atoms with van der Waals surface area (Å²) in [6, 6.07) is 0.347. The summed E-state index contributed by atoms with van der Waals surface area (Å²) in [6.07, 6.45) is 4.57. The summed E-state index contributed by atoms with van der Waals surface area (Å²) >= 11 is 0. The van der Waals surface area contributed by atoms with Crippen molar-refractivity contribution in [1.82, 2.24) is 9.88 Å². The van der Waals surface area contributed by atoms with Crippen LogP contribution in [0.1, 0.15) is 66.8 Å². The minimum atomic E-state index is -0.324. The number of aromatic amines is 1. The SMILES string of the molecule is CCOC(=O)c1[nH]c(C)c(CCC(=O)N2CCCC[C@@H]2C)c1C. The Morgan fingerprint density at radius 1 is 1.30 bits per heavy atom. The van der Waals surface area contributed by atoms with Crippen molar-refractivity contribution >= 4 is 11.9 Å². The van der Waals surface area contributed by atoms with Crippen LogP contribution in [0.3, 0.4) is 0 Å². The van der Waals surface area contributed by atoms with Crippen molar-refractivity contribution in [3.05, 3.63) is 22.5 Å². The topological polar surface area (TPSA) is 62.4 Å². The van der Waals surface area contributed by atoms with Gasteiger partial charge in [-0.2, -0.15) is 0 Å². The Kier molecular flexibility index (Phi) is 5.85. The van der Waals surface area contributed by atoms with Crippen molar-refractivity contribution < 1.29 is 14.3 Å². The van der Waals surface area contributed by atoms with E-state index in [1.807, 2.05) is 18.7 Å². The average molecular weight is 320 g/mol. The van der Waals surface area contributed by atoms with Gasteiger partial charge >= 0.3 is 5.97 Å². The number of H-pyrrole nitrogens is 1. The van der Waals surface area contributed by atoms with Gasteiger partial charge in [-0.25, -0.2) is 4.79 Å². The normalized spacial score (nSPS) is 18.1. The number of piperidine rings is 1. The smallest absolute Gasteiger partial charge is 0.355 e. The highest BCUT2D eigenvalue weighted by Crippen LogP contribution is 2.22. The first-order chi connectivity index (χ1) is 11.0. The van der Waals surface area contributed by atoms with Crippen molar-refractivity contribution in [2.45, 2.75) is 65.8 Å². The number of rotatable bonds is 5. The van der Waals surface area contributed by atoms with Crippen molar-refractivity contribution in [1.29, 1.82) is 0 Å². The third-order valence-corrected chi connectivity index (χ3v) is 4.78. The fraction of sp³-hybridized carbons (Fsp3) is 0.667. The second kappa shape index (κ2) is 7.66. The highest BCUT2D eigenvalue weighted by Gasteiger charge is 2.24. The van der Waals surface area contributed by atoms with Crippen LogP contribution in [0.2, 0.25) is 0 Å². The van der Waals surface area contributed by atoms with E-state index < -0.39 is 0 Å².